The molecule has 0 amide bonds. The Morgan fingerprint density at radius 1 is 1.24 bits per heavy atom. The van der Waals surface area contributed by atoms with Crippen molar-refractivity contribution in [1.29, 1.82) is 0 Å². The van der Waals surface area contributed by atoms with Crippen LogP contribution >= 0.6 is 15.9 Å². The van der Waals surface area contributed by atoms with Crippen molar-refractivity contribution < 1.29 is 16.8 Å². The fourth-order valence-electron chi connectivity index (χ4n) is 1.20. The first-order valence-corrected chi connectivity index (χ1v) is 9.04. The molecule has 0 heterocycles. The lowest BCUT2D eigenvalue weighted by atomic mass is 10.2. The van der Waals surface area contributed by atoms with Gasteiger partial charge < -0.3 is 0 Å². The molecule has 0 bridgehead atoms. The lowest BCUT2D eigenvalue weighted by Crippen LogP contribution is -2.22. The lowest BCUT2D eigenvalue weighted by Gasteiger charge is -2.08. The maximum atomic E-state index is 11.5. The van der Waals surface area contributed by atoms with Gasteiger partial charge in [-0.2, -0.15) is 0 Å². The predicted octanol–water partition coefficient (Wildman–Crippen LogP) is 1.50. The summed E-state index contributed by atoms with van der Waals surface area (Å²) in [4.78, 5) is 0. The van der Waals surface area contributed by atoms with Crippen LogP contribution in [0.1, 0.15) is 5.56 Å². The Labute approximate surface area is 109 Å². The Balaban J connectivity index is 2.95. The van der Waals surface area contributed by atoms with E-state index < -0.39 is 24.9 Å². The summed E-state index contributed by atoms with van der Waals surface area (Å²) in [5.41, 5.74) is 1.19. The zero-order chi connectivity index (χ0) is 13.3. The number of hydrogen-bond acceptors (Lipinski definition) is 4. The number of anilines is 1. The van der Waals surface area contributed by atoms with E-state index in [2.05, 4.69) is 20.7 Å². The third kappa shape index (κ3) is 5.05. The van der Waals surface area contributed by atoms with Crippen molar-refractivity contribution in [3.05, 3.63) is 28.2 Å². The molecular formula is C9H12BrNO4S2. The molecule has 0 aromatic heterocycles. The monoisotopic (exact) mass is 341 g/mol. The molecule has 0 atom stereocenters. The van der Waals surface area contributed by atoms with Crippen LogP contribution in [-0.2, 0) is 19.9 Å². The van der Waals surface area contributed by atoms with Crippen LogP contribution in [0.15, 0.2) is 22.7 Å². The van der Waals surface area contributed by atoms with E-state index in [1.807, 2.05) is 0 Å². The van der Waals surface area contributed by atoms with Crippen LogP contribution in [0, 0.1) is 6.92 Å². The second-order valence-electron chi connectivity index (χ2n) is 3.72. The van der Waals surface area contributed by atoms with Gasteiger partial charge in [-0.1, -0.05) is 15.9 Å². The summed E-state index contributed by atoms with van der Waals surface area (Å²) in [5.74, 6) is 0. The molecule has 0 spiro atoms. The molecule has 8 heteroatoms. The molecule has 0 fully saturated rings. The van der Waals surface area contributed by atoms with E-state index in [1.165, 1.54) is 0 Å². The minimum atomic E-state index is -3.88. The van der Waals surface area contributed by atoms with Crippen LogP contribution in [0.5, 0.6) is 0 Å². The van der Waals surface area contributed by atoms with Gasteiger partial charge >= 0.3 is 0 Å². The highest BCUT2D eigenvalue weighted by molar-refractivity contribution is 9.10. The topological polar surface area (TPSA) is 80.3 Å². The molecule has 1 N–H and O–H groups in total. The Morgan fingerprint density at radius 3 is 2.29 bits per heavy atom. The van der Waals surface area contributed by atoms with E-state index in [9.17, 15) is 16.8 Å². The van der Waals surface area contributed by atoms with Gasteiger partial charge in [-0.15, -0.1) is 0 Å². The maximum absolute atomic E-state index is 11.5. The number of halogens is 1. The summed E-state index contributed by atoms with van der Waals surface area (Å²) in [6.07, 6.45) is 0.874. The Hall–Kier alpha value is -0.600. The van der Waals surface area contributed by atoms with Gasteiger partial charge in [-0.3, -0.25) is 4.72 Å². The molecule has 0 aliphatic rings. The van der Waals surface area contributed by atoms with Gasteiger partial charge in [0.2, 0.25) is 10.0 Å². The normalized spacial score (nSPS) is 12.4. The molecule has 1 rings (SSSR count). The molecule has 17 heavy (non-hydrogen) atoms. The average molecular weight is 342 g/mol. The van der Waals surface area contributed by atoms with Crippen LogP contribution in [-0.4, -0.2) is 28.2 Å². The Morgan fingerprint density at radius 2 is 1.82 bits per heavy atom. The van der Waals surface area contributed by atoms with Gasteiger partial charge in [0.15, 0.2) is 14.9 Å². The number of sulfone groups is 1. The molecule has 5 nitrogen and oxygen atoms in total. The summed E-state index contributed by atoms with van der Waals surface area (Å²) in [6.45, 7) is 1.80. The molecule has 1 aromatic carbocycles. The van der Waals surface area contributed by atoms with Crippen molar-refractivity contribution >= 4 is 41.5 Å². The molecule has 0 saturated heterocycles. The standard InChI is InChI=1S/C9H12BrNO4S2/c1-7-5-8(3-4-9(7)10)11-17(14,15)6-16(2,12)13/h3-5,11H,6H2,1-2H3. The first kappa shape index (κ1) is 14.5. The van der Waals surface area contributed by atoms with E-state index in [1.54, 1.807) is 25.1 Å². The third-order valence-corrected chi connectivity index (χ3v) is 6.19. The van der Waals surface area contributed by atoms with E-state index in [0.717, 1.165) is 16.3 Å². The van der Waals surface area contributed by atoms with E-state index in [4.69, 9.17) is 0 Å². The number of aryl methyl sites for hydroxylation is 1. The van der Waals surface area contributed by atoms with Crippen molar-refractivity contribution in [3.8, 4) is 0 Å². The Bertz CT molecular complexity index is 622. The first-order valence-electron chi connectivity index (χ1n) is 4.53. The average Bonchev–Trinajstić information content (AvgIpc) is 2.06. The van der Waals surface area contributed by atoms with Crippen LogP contribution in [0.2, 0.25) is 0 Å². The molecule has 0 unspecified atom stereocenters. The van der Waals surface area contributed by atoms with Gasteiger partial charge in [-0.25, -0.2) is 16.8 Å². The van der Waals surface area contributed by atoms with Crippen LogP contribution < -0.4 is 4.72 Å². The van der Waals surface area contributed by atoms with E-state index in [0.29, 0.717) is 5.69 Å². The summed E-state index contributed by atoms with van der Waals surface area (Å²) in [7, 11) is -7.46. The summed E-state index contributed by atoms with van der Waals surface area (Å²) >= 11 is 3.28. The van der Waals surface area contributed by atoms with Gasteiger partial charge in [0.25, 0.3) is 0 Å². The van der Waals surface area contributed by atoms with Crippen LogP contribution in [0.4, 0.5) is 5.69 Å². The second-order valence-corrected chi connectivity index (χ2v) is 8.81. The zero-order valence-corrected chi connectivity index (χ0v) is 12.5. The molecule has 0 aliphatic carbocycles. The quantitative estimate of drug-likeness (QED) is 0.899. The van der Waals surface area contributed by atoms with Gasteiger partial charge in [0.05, 0.1) is 0 Å². The van der Waals surface area contributed by atoms with Gasteiger partial charge in [-0.05, 0) is 30.7 Å². The third-order valence-electron chi connectivity index (χ3n) is 1.80. The van der Waals surface area contributed by atoms with E-state index >= 15 is 0 Å². The van der Waals surface area contributed by atoms with Gasteiger partial charge in [0, 0.05) is 16.4 Å². The van der Waals surface area contributed by atoms with E-state index in [-0.39, 0.29) is 0 Å². The molecule has 96 valence electrons. The SMILES string of the molecule is Cc1cc(NS(=O)(=O)CS(C)(=O)=O)ccc1Br. The van der Waals surface area contributed by atoms with Crippen molar-refractivity contribution in [2.45, 2.75) is 6.92 Å². The van der Waals surface area contributed by atoms with Crippen molar-refractivity contribution in [2.75, 3.05) is 16.1 Å². The van der Waals surface area contributed by atoms with Crippen LogP contribution in [0.25, 0.3) is 0 Å². The largest absolute Gasteiger partial charge is 0.283 e. The number of rotatable bonds is 4. The number of hydrogen-bond donors (Lipinski definition) is 1. The van der Waals surface area contributed by atoms with Crippen molar-refractivity contribution in [1.82, 2.24) is 0 Å². The fourth-order valence-corrected chi connectivity index (χ4v) is 4.42. The predicted molar refractivity (Wildman–Crippen MR) is 71.1 cm³/mol. The van der Waals surface area contributed by atoms with Crippen molar-refractivity contribution in [3.63, 3.8) is 0 Å². The summed E-state index contributed by atoms with van der Waals surface area (Å²) in [5, 5.41) is -0.922. The summed E-state index contributed by atoms with van der Waals surface area (Å²) in [6, 6.07) is 4.86. The highest BCUT2D eigenvalue weighted by Gasteiger charge is 2.18. The molecular weight excluding hydrogens is 330 g/mol. The Kier molecular flexibility index (Phi) is 4.21. The number of benzene rings is 1. The second kappa shape index (κ2) is 4.95. The smallest absolute Gasteiger partial charge is 0.247 e. The number of sulfonamides is 1. The molecule has 0 radical (unpaired) electrons. The zero-order valence-electron chi connectivity index (χ0n) is 9.27. The maximum Gasteiger partial charge on any atom is 0.247 e. The van der Waals surface area contributed by atoms with Crippen LogP contribution in [0.3, 0.4) is 0 Å². The highest BCUT2D eigenvalue weighted by Crippen LogP contribution is 2.20. The highest BCUT2D eigenvalue weighted by atomic mass is 79.9. The minimum absolute atomic E-state index is 0.342. The first-order chi connectivity index (χ1) is 7.59. The fraction of sp³-hybridized carbons (Fsp3) is 0.333. The summed E-state index contributed by atoms with van der Waals surface area (Å²) < 4.78 is 47.9. The molecule has 0 aliphatic heterocycles. The van der Waals surface area contributed by atoms with Crippen molar-refractivity contribution in [2.24, 2.45) is 0 Å². The number of nitrogens with one attached hydrogen (secondary N) is 1. The van der Waals surface area contributed by atoms with Gasteiger partial charge in [0.1, 0.15) is 0 Å². The lowest BCUT2D eigenvalue weighted by molar-refractivity contribution is 0.595. The minimum Gasteiger partial charge on any atom is -0.283 e. The molecule has 0 saturated carbocycles. The molecule has 1 aromatic rings.